The molecule has 102 valence electrons. The molecule has 0 aliphatic heterocycles. The number of benzene rings is 1. The highest BCUT2D eigenvalue weighted by Gasteiger charge is 2.09. The van der Waals surface area contributed by atoms with E-state index in [-0.39, 0.29) is 0 Å². The Morgan fingerprint density at radius 3 is 2.60 bits per heavy atom. The van der Waals surface area contributed by atoms with Gasteiger partial charge in [0.2, 0.25) is 0 Å². The zero-order valence-electron chi connectivity index (χ0n) is 12.4. The number of pyridine rings is 1. The van der Waals surface area contributed by atoms with Gasteiger partial charge in [-0.3, -0.25) is 0 Å². The van der Waals surface area contributed by atoms with Crippen LogP contribution in [0.1, 0.15) is 42.1 Å². The summed E-state index contributed by atoms with van der Waals surface area (Å²) < 4.78 is 0. The number of aromatic nitrogens is 1. The van der Waals surface area contributed by atoms with Crippen LogP contribution >= 0.6 is 0 Å². The van der Waals surface area contributed by atoms with Gasteiger partial charge in [-0.05, 0) is 49.1 Å². The van der Waals surface area contributed by atoms with Crippen molar-refractivity contribution in [1.82, 2.24) is 4.98 Å². The monoisotopic (exact) mass is 265 g/mol. The fourth-order valence-electron chi connectivity index (χ4n) is 2.18. The highest BCUT2D eigenvalue weighted by atomic mass is 15.0. The smallest absolute Gasteiger partial charge is 0.148 e. The standard InChI is InChI=1S/C17H19N3/c1-11(2)14-6-5-7-15(9-14)20-17-16(10-18)12(3)8-13(4)19-17/h5-9,11H,1-4H3,(H,19,20). The Labute approximate surface area is 120 Å². The maximum absolute atomic E-state index is 9.28. The first-order valence-corrected chi connectivity index (χ1v) is 6.76. The van der Waals surface area contributed by atoms with Gasteiger partial charge < -0.3 is 5.32 Å². The van der Waals surface area contributed by atoms with Crippen LogP contribution in [0.5, 0.6) is 0 Å². The van der Waals surface area contributed by atoms with Crippen molar-refractivity contribution >= 4 is 11.5 Å². The van der Waals surface area contributed by atoms with Gasteiger partial charge >= 0.3 is 0 Å². The van der Waals surface area contributed by atoms with E-state index in [1.165, 1.54) is 5.56 Å². The molecule has 0 fully saturated rings. The Morgan fingerprint density at radius 2 is 1.95 bits per heavy atom. The maximum Gasteiger partial charge on any atom is 0.148 e. The summed E-state index contributed by atoms with van der Waals surface area (Å²) in [6, 6.07) is 12.4. The molecule has 1 aromatic carbocycles. The molecular weight excluding hydrogens is 246 g/mol. The van der Waals surface area contributed by atoms with Crippen molar-refractivity contribution in [1.29, 1.82) is 5.26 Å². The maximum atomic E-state index is 9.28. The molecule has 20 heavy (non-hydrogen) atoms. The van der Waals surface area contributed by atoms with E-state index >= 15 is 0 Å². The van der Waals surface area contributed by atoms with Gasteiger partial charge in [0, 0.05) is 11.4 Å². The average Bonchev–Trinajstić information content (AvgIpc) is 2.38. The van der Waals surface area contributed by atoms with Crippen LogP contribution in [0.2, 0.25) is 0 Å². The average molecular weight is 265 g/mol. The molecule has 3 heteroatoms. The first-order valence-electron chi connectivity index (χ1n) is 6.76. The van der Waals surface area contributed by atoms with Crippen LogP contribution in [0.4, 0.5) is 11.5 Å². The van der Waals surface area contributed by atoms with Gasteiger partial charge in [-0.15, -0.1) is 0 Å². The number of hydrogen-bond donors (Lipinski definition) is 1. The largest absolute Gasteiger partial charge is 0.339 e. The Morgan fingerprint density at radius 1 is 1.20 bits per heavy atom. The van der Waals surface area contributed by atoms with E-state index in [9.17, 15) is 5.26 Å². The number of anilines is 2. The molecule has 1 aromatic heterocycles. The summed E-state index contributed by atoms with van der Waals surface area (Å²) in [5.74, 6) is 1.10. The summed E-state index contributed by atoms with van der Waals surface area (Å²) in [7, 11) is 0. The molecule has 1 N–H and O–H groups in total. The number of hydrogen-bond acceptors (Lipinski definition) is 3. The second-order valence-corrected chi connectivity index (χ2v) is 5.32. The lowest BCUT2D eigenvalue weighted by molar-refractivity contribution is 0.867. The molecule has 1 heterocycles. The molecule has 0 aliphatic carbocycles. The first-order chi connectivity index (χ1) is 9.51. The third-order valence-corrected chi connectivity index (χ3v) is 3.27. The molecule has 0 unspecified atom stereocenters. The SMILES string of the molecule is Cc1cc(C)c(C#N)c(Nc2cccc(C(C)C)c2)n1. The van der Waals surface area contributed by atoms with Crippen LogP contribution in [-0.2, 0) is 0 Å². The molecule has 2 aromatic rings. The topological polar surface area (TPSA) is 48.7 Å². The summed E-state index contributed by atoms with van der Waals surface area (Å²) in [5.41, 5.74) is 4.68. The van der Waals surface area contributed by atoms with Crippen LogP contribution in [0, 0.1) is 25.2 Å². The van der Waals surface area contributed by atoms with E-state index in [0.717, 1.165) is 16.9 Å². The van der Waals surface area contributed by atoms with Crippen molar-refractivity contribution in [2.24, 2.45) is 0 Å². The molecule has 0 amide bonds. The fourth-order valence-corrected chi connectivity index (χ4v) is 2.18. The minimum atomic E-state index is 0.472. The molecule has 0 bridgehead atoms. The number of rotatable bonds is 3. The van der Waals surface area contributed by atoms with Crippen molar-refractivity contribution in [3.8, 4) is 6.07 Å². The molecule has 0 radical (unpaired) electrons. The van der Waals surface area contributed by atoms with Crippen molar-refractivity contribution < 1.29 is 0 Å². The highest BCUT2D eigenvalue weighted by molar-refractivity contribution is 5.65. The van der Waals surface area contributed by atoms with E-state index in [2.05, 4.69) is 42.4 Å². The molecule has 0 saturated heterocycles. The van der Waals surface area contributed by atoms with Crippen LogP contribution in [0.15, 0.2) is 30.3 Å². The Hall–Kier alpha value is -2.34. The molecule has 2 rings (SSSR count). The zero-order chi connectivity index (χ0) is 14.7. The third-order valence-electron chi connectivity index (χ3n) is 3.27. The number of nitrogens with zero attached hydrogens (tertiary/aromatic N) is 2. The van der Waals surface area contributed by atoms with Gasteiger partial charge in [-0.2, -0.15) is 5.26 Å². The predicted octanol–water partition coefficient (Wildman–Crippen LogP) is 4.44. The van der Waals surface area contributed by atoms with E-state index in [4.69, 9.17) is 0 Å². The summed E-state index contributed by atoms with van der Waals surface area (Å²) in [5, 5.41) is 12.5. The summed E-state index contributed by atoms with van der Waals surface area (Å²) in [6.45, 7) is 8.19. The van der Waals surface area contributed by atoms with Crippen molar-refractivity contribution in [3.05, 3.63) is 52.7 Å². The minimum Gasteiger partial charge on any atom is -0.339 e. The summed E-state index contributed by atoms with van der Waals surface area (Å²) >= 11 is 0. The molecule has 0 aliphatic rings. The Bertz CT molecular complexity index is 666. The van der Waals surface area contributed by atoms with E-state index in [0.29, 0.717) is 17.3 Å². The second kappa shape index (κ2) is 5.75. The molecule has 3 nitrogen and oxygen atoms in total. The summed E-state index contributed by atoms with van der Waals surface area (Å²) in [4.78, 5) is 4.44. The van der Waals surface area contributed by atoms with Crippen molar-refractivity contribution in [2.75, 3.05) is 5.32 Å². The zero-order valence-corrected chi connectivity index (χ0v) is 12.4. The third kappa shape index (κ3) is 2.97. The van der Waals surface area contributed by atoms with Gasteiger partial charge in [-0.1, -0.05) is 26.0 Å². The molecule has 0 spiro atoms. The first kappa shape index (κ1) is 14.1. The van der Waals surface area contributed by atoms with Crippen LogP contribution < -0.4 is 5.32 Å². The highest BCUT2D eigenvalue weighted by Crippen LogP contribution is 2.24. The predicted molar refractivity (Wildman–Crippen MR) is 82.2 cm³/mol. The number of aryl methyl sites for hydroxylation is 2. The van der Waals surface area contributed by atoms with Gasteiger partial charge in [0.05, 0.1) is 5.56 Å². The summed E-state index contributed by atoms with van der Waals surface area (Å²) in [6.07, 6.45) is 0. The quantitative estimate of drug-likeness (QED) is 0.892. The van der Waals surface area contributed by atoms with Crippen LogP contribution in [0.3, 0.4) is 0 Å². The Kier molecular flexibility index (Phi) is 4.05. The normalized spacial score (nSPS) is 10.4. The van der Waals surface area contributed by atoms with Gasteiger partial charge in [0.15, 0.2) is 0 Å². The lowest BCUT2D eigenvalue weighted by atomic mass is 10.0. The van der Waals surface area contributed by atoms with Crippen LogP contribution in [0.25, 0.3) is 0 Å². The molecular formula is C17H19N3. The van der Waals surface area contributed by atoms with Gasteiger partial charge in [-0.25, -0.2) is 4.98 Å². The Balaban J connectivity index is 2.40. The lowest BCUT2D eigenvalue weighted by Crippen LogP contribution is -2.01. The molecule has 0 saturated carbocycles. The van der Waals surface area contributed by atoms with E-state index in [1.807, 2.05) is 32.0 Å². The second-order valence-electron chi connectivity index (χ2n) is 5.32. The van der Waals surface area contributed by atoms with E-state index in [1.54, 1.807) is 0 Å². The number of nitriles is 1. The van der Waals surface area contributed by atoms with Gasteiger partial charge in [0.1, 0.15) is 11.9 Å². The molecule has 0 atom stereocenters. The van der Waals surface area contributed by atoms with Crippen molar-refractivity contribution in [2.45, 2.75) is 33.6 Å². The number of nitrogens with one attached hydrogen (secondary N) is 1. The lowest BCUT2D eigenvalue weighted by Gasteiger charge is -2.12. The fraction of sp³-hybridized carbons (Fsp3) is 0.294. The van der Waals surface area contributed by atoms with Crippen molar-refractivity contribution in [3.63, 3.8) is 0 Å². The van der Waals surface area contributed by atoms with Gasteiger partial charge in [0.25, 0.3) is 0 Å². The minimum absolute atomic E-state index is 0.472. The van der Waals surface area contributed by atoms with Crippen LogP contribution in [-0.4, -0.2) is 4.98 Å². The van der Waals surface area contributed by atoms with E-state index < -0.39 is 0 Å².